The maximum absolute atomic E-state index is 13.0. The molecule has 0 amide bonds. The molecule has 16 heavy (non-hydrogen) atoms. The largest absolute Gasteiger partial charge is 0.475 e. The van der Waals surface area contributed by atoms with Crippen LogP contribution in [0.3, 0.4) is 0 Å². The zero-order chi connectivity index (χ0) is 12.1. The average Bonchev–Trinajstić information content (AvgIpc) is 2.27. The minimum atomic E-state index is -0.832. The lowest BCUT2D eigenvalue weighted by atomic mass is 10.1. The Kier molecular flexibility index (Phi) is 4.27. The molecule has 0 aliphatic heterocycles. The summed E-state index contributed by atoms with van der Waals surface area (Å²) in [6.07, 6.45) is -0.877. The van der Waals surface area contributed by atoms with Crippen molar-refractivity contribution in [3.63, 3.8) is 0 Å². The van der Waals surface area contributed by atoms with Crippen LogP contribution >= 0.6 is 0 Å². The van der Waals surface area contributed by atoms with Gasteiger partial charge in [-0.25, -0.2) is 4.39 Å². The Labute approximate surface area is 94.1 Å². The summed E-state index contributed by atoms with van der Waals surface area (Å²) in [6, 6.07) is 5.87. The smallest absolute Gasteiger partial charge is 0.184 e. The third-order valence-corrected chi connectivity index (χ3v) is 2.21. The van der Waals surface area contributed by atoms with Gasteiger partial charge in [-0.3, -0.25) is 0 Å². The predicted octanol–water partition coefficient (Wildman–Crippen LogP) is 2.56. The van der Waals surface area contributed by atoms with E-state index in [0.29, 0.717) is 17.7 Å². The summed E-state index contributed by atoms with van der Waals surface area (Å²) in [5.74, 6) is -0.0851. The first-order valence-electron chi connectivity index (χ1n) is 5.12. The molecule has 1 rings (SSSR count). The van der Waals surface area contributed by atoms with Crippen LogP contribution in [-0.2, 0) is 0 Å². The zero-order valence-corrected chi connectivity index (χ0v) is 9.27. The van der Waals surface area contributed by atoms with Gasteiger partial charge >= 0.3 is 0 Å². The first-order chi connectivity index (χ1) is 7.58. The molecular formula is C12H14FNO2. The van der Waals surface area contributed by atoms with Gasteiger partial charge in [0.05, 0.1) is 6.10 Å². The number of benzene rings is 1. The van der Waals surface area contributed by atoms with Crippen LogP contribution in [0, 0.1) is 17.1 Å². The normalized spacial score (nSPS) is 13.9. The second-order valence-electron chi connectivity index (χ2n) is 3.50. The van der Waals surface area contributed by atoms with Crippen LogP contribution in [0.4, 0.5) is 4.39 Å². The SMILES string of the molecule is CCC(C#N)Oc1ccc(F)cc1[C@H](C)O. The molecule has 0 spiro atoms. The molecule has 3 nitrogen and oxygen atoms in total. The summed E-state index contributed by atoms with van der Waals surface area (Å²) in [4.78, 5) is 0. The Bertz CT molecular complexity index is 398. The maximum Gasteiger partial charge on any atom is 0.184 e. The van der Waals surface area contributed by atoms with Crippen LogP contribution in [0.1, 0.15) is 31.9 Å². The summed E-state index contributed by atoms with van der Waals surface area (Å²) in [6.45, 7) is 3.34. The van der Waals surface area contributed by atoms with Crippen molar-refractivity contribution in [3.05, 3.63) is 29.6 Å². The molecule has 1 N–H and O–H groups in total. The van der Waals surface area contributed by atoms with Gasteiger partial charge < -0.3 is 9.84 Å². The third kappa shape index (κ3) is 2.94. The van der Waals surface area contributed by atoms with Gasteiger partial charge in [-0.05, 0) is 31.5 Å². The highest BCUT2D eigenvalue weighted by molar-refractivity contribution is 5.36. The molecule has 86 valence electrons. The maximum atomic E-state index is 13.0. The molecule has 0 bridgehead atoms. The molecule has 0 aliphatic carbocycles. The molecular weight excluding hydrogens is 209 g/mol. The molecule has 0 saturated carbocycles. The fourth-order valence-electron chi connectivity index (χ4n) is 1.31. The molecule has 0 fully saturated rings. The molecule has 1 unspecified atom stereocenters. The van der Waals surface area contributed by atoms with Gasteiger partial charge in [0.2, 0.25) is 0 Å². The van der Waals surface area contributed by atoms with Gasteiger partial charge in [0, 0.05) is 5.56 Å². The van der Waals surface area contributed by atoms with Gasteiger partial charge in [-0.1, -0.05) is 6.92 Å². The number of halogens is 1. The van der Waals surface area contributed by atoms with E-state index in [2.05, 4.69) is 0 Å². The lowest BCUT2D eigenvalue weighted by molar-refractivity contribution is 0.184. The first-order valence-corrected chi connectivity index (χ1v) is 5.12. The standard InChI is InChI=1S/C12H14FNO2/c1-3-10(7-14)16-12-5-4-9(13)6-11(12)8(2)15/h4-6,8,10,15H,3H2,1-2H3/t8-,10?/m0/s1. The minimum Gasteiger partial charge on any atom is -0.475 e. The molecule has 4 heteroatoms. The van der Waals surface area contributed by atoms with E-state index in [1.54, 1.807) is 0 Å². The van der Waals surface area contributed by atoms with Gasteiger partial charge in [0.1, 0.15) is 17.6 Å². The highest BCUT2D eigenvalue weighted by atomic mass is 19.1. The zero-order valence-electron chi connectivity index (χ0n) is 9.27. The quantitative estimate of drug-likeness (QED) is 0.853. The Morgan fingerprint density at radius 3 is 2.75 bits per heavy atom. The fraction of sp³-hybridized carbons (Fsp3) is 0.417. The van der Waals surface area contributed by atoms with Crippen LogP contribution in [0.25, 0.3) is 0 Å². The van der Waals surface area contributed by atoms with E-state index in [-0.39, 0.29) is 0 Å². The molecule has 0 aromatic heterocycles. The number of ether oxygens (including phenoxy) is 1. The van der Waals surface area contributed by atoms with Crippen LogP contribution in [0.2, 0.25) is 0 Å². The summed E-state index contributed by atoms with van der Waals surface area (Å²) in [7, 11) is 0. The van der Waals surface area contributed by atoms with E-state index in [1.807, 2.05) is 13.0 Å². The molecule has 0 radical (unpaired) electrons. The van der Waals surface area contributed by atoms with Gasteiger partial charge in [0.25, 0.3) is 0 Å². The highest BCUT2D eigenvalue weighted by Gasteiger charge is 2.14. The summed E-state index contributed by atoms with van der Waals surface area (Å²) in [5.41, 5.74) is 0.355. The predicted molar refractivity (Wildman–Crippen MR) is 57.4 cm³/mol. The van der Waals surface area contributed by atoms with Crippen LogP contribution in [-0.4, -0.2) is 11.2 Å². The van der Waals surface area contributed by atoms with Crippen molar-refractivity contribution in [2.45, 2.75) is 32.5 Å². The van der Waals surface area contributed by atoms with E-state index in [4.69, 9.17) is 10.00 Å². The lowest BCUT2D eigenvalue weighted by Gasteiger charge is -2.15. The Morgan fingerprint density at radius 1 is 1.56 bits per heavy atom. The number of hydrogen-bond donors (Lipinski definition) is 1. The molecule has 2 atom stereocenters. The molecule has 1 aromatic carbocycles. The van der Waals surface area contributed by atoms with Crippen molar-refractivity contribution in [3.8, 4) is 11.8 Å². The summed E-state index contributed by atoms with van der Waals surface area (Å²) < 4.78 is 18.3. The lowest BCUT2D eigenvalue weighted by Crippen LogP contribution is -2.14. The van der Waals surface area contributed by atoms with Crippen molar-refractivity contribution in [1.82, 2.24) is 0 Å². The summed E-state index contributed by atoms with van der Waals surface area (Å²) in [5, 5.41) is 18.2. The van der Waals surface area contributed by atoms with E-state index in [9.17, 15) is 9.50 Å². The van der Waals surface area contributed by atoms with E-state index >= 15 is 0 Å². The van der Waals surface area contributed by atoms with E-state index in [0.717, 1.165) is 0 Å². The number of nitrogens with zero attached hydrogens (tertiary/aromatic N) is 1. The van der Waals surface area contributed by atoms with Gasteiger partial charge in [-0.2, -0.15) is 5.26 Å². The average molecular weight is 223 g/mol. The number of rotatable bonds is 4. The van der Waals surface area contributed by atoms with Gasteiger partial charge in [0.15, 0.2) is 6.10 Å². The van der Waals surface area contributed by atoms with Crippen LogP contribution in [0.15, 0.2) is 18.2 Å². The first kappa shape index (κ1) is 12.5. The van der Waals surface area contributed by atoms with Crippen molar-refractivity contribution in [2.24, 2.45) is 0 Å². The number of hydrogen-bond acceptors (Lipinski definition) is 3. The van der Waals surface area contributed by atoms with Crippen LogP contribution < -0.4 is 4.74 Å². The number of aliphatic hydroxyl groups is 1. The van der Waals surface area contributed by atoms with Crippen molar-refractivity contribution in [1.29, 1.82) is 5.26 Å². The molecule has 0 heterocycles. The number of aliphatic hydroxyl groups excluding tert-OH is 1. The Hall–Kier alpha value is -1.60. The topological polar surface area (TPSA) is 53.2 Å². The number of nitriles is 1. The highest BCUT2D eigenvalue weighted by Crippen LogP contribution is 2.27. The molecule has 0 saturated heterocycles. The Morgan fingerprint density at radius 2 is 2.25 bits per heavy atom. The van der Waals surface area contributed by atoms with Crippen LogP contribution in [0.5, 0.6) is 5.75 Å². The van der Waals surface area contributed by atoms with Crippen molar-refractivity contribution in [2.75, 3.05) is 0 Å². The van der Waals surface area contributed by atoms with E-state index < -0.39 is 18.0 Å². The third-order valence-electron chi connectivity index (χ3n) is 2.21. The van der Waals surface area contributed by atoms with Crippen molar-refractivity contribution < 1.29 is 14.2 Å². The Balaban J connectivity index is 3.00. The molecule has 0 aliphatic rings. The van der Waals surface area contributed by atoms with Crippen molar-refractivity contribution >= 4 is 0 Å². The summed E-state index contributed by atoms with van der Waals surface area (Å²) >= 11 is 0. The second kappa shape index (κ2) is 5.47. The monoisotopic (exact) mass is 223 g/mol. The fourth-order valence-corrected chi connectivity index (χ4v) is 1.31. The minimum absolute atomic E-state index is 0.352. The van der Waals surface area contributed by atoms with Gasteiger partial charge in [-0.15, -0.1) is 0 Å². The molecule has 1 aromatic rings. The van der Waals surface area contributed by atoms with E-state index in [1.165, 1.54) is 25.1 Å². The second-order valence-corrected chi connectivity index (χ2v) is 3.50.